The molecule has 0 atom stereocenters. The molecule has 0 unspecified atom stereocenters. The molecular weight excluding hydrogens is 210 g/mol. The Hall–Kier alpha value is -1.69. The number of hydrogen-bond donors (Lipinski definition) is 1. The Morgan fingerprint density at radius 3 is 2.69 bits per heavy atom. The van der Waals surface area contributed by atoms with Crippen molar-refractivity contribution in [2.24, 2.45) is 5.73 Å². The molecule has 1 aliphatic carbocycles. The van der Waals surface area contributed by atoms with E-state index in [0.717, 1.165) is 12.8 Å². The largest absolute Gasteiger partial charge is 0.473 e. The summed E-state index contributed by atoms with van der Waals surface area (Å²) >= 11 is 0. The van der Waals surface area contributed by atoms with Gasteiger partial charge in [0.25, 0.3) is 0 Å². The fourth-order valence-electron chi connectivity index (χ4n) is 1.47. The first-order valence-electron chi connectivity index (χ1n) is 5.03. The first kappa shape index (κ1) is 10.8. The van der Waals surface area contributed by atoms with Crippen molar-refractivity contribution >= 4 is 5.97 Å². The lowest BCUT2D eigenvalue weighted by Gasteiger charge is -2.31. The quantitative estimate of drug-likeness (QED) is 0.733. The van der Waals surface area contributed by atoms with Gasteiger partial charge in [-0.15, -0.1) is 10.2 Å². The zero-order valence-electron chi connectivity index (χ0n) is 8.92. The topological polar surface area (TPSA) is 87.3 Å². The van der Waals surface area contributed by atoms with E-state index in [0.29, 0.717) is 5.88 Å². The smallest absolute Gasteiger partial charge is 0.358 e. The molecule has 86 valence electrons. The number of rotatable bonds is 3. The molecule has 16 heavy (non-hydrogen) atoms. The third kappa shape index (κ3) is 2.27. The molecule has 1 aromatic rings. The standard InChI is InChI=1S/C10H13N3O3/c1-15-10(14)8-2-3-9(13-12-8)16-7-4-6(11)5-7/h2-3,6-7H,4-5,11H2,1H3. The normalized spacial score (nSPS) is 23.4. The zero-order valence-corrected chi connectivity index (χ0v) is 8.92. The summed E-state index contributed by atoms with van der Waals surface area (Å²) < 4.78 is 9.99. The summed E-state index contributed by atoms with van der Waals surface area (Å²) in [6, 6.07) is 3.35. The summed E-state index contributed by atoms with van der Waals surface area (Å²) in [6.45, 7) is 0. The number of esters is 1. The Bertz CT molecular complexity index is 373. The second-order valence-electron chi connectivity index (χ2n) is 3.72. The molecule has 0 bridgehead atoms. The SMILES string of the molecule is COC(=O)c1ccc(OC2CC(N)C2)nn1. The summed E-state index contributed by atoms with van der Waals surface area (Å²) in [5.74, 6) is -0.103. The van der Waals surface area contributed by atoms with Gasteiger partial charge in [0.15, 0.2) is 5.69 Å². The minimum absolute atomic E-state index is 0.119. The molecule has 0 spiro atoms. The van der Waals surface area contributed by atoms with E-state index in [9.17, 15) is 4.79 Å². The maximum Gasteiger partial charge on any atom is 0.358 e. The third-order valence-electron chi connectivity index (χ3n) is 2.45. The molecular formula is C10H13N3O3. The Kier molecular flexibility index (Phi) is 3.00. The molecule has 0 saturated heterocycles. The summed E-state index contributed by atoms with van der Waals surface area (Å²) in [4.78, 5) is 11.1. The van der Waals surface area contributed by atoms with Gasteiger partial charge in [0.2, 0.25) is 5.88 Å². The number of hydrogen-bond acceptors (Lipinski definition) is 6. The van der Waals surface area contributed by atoms with E-state index >= 15 is 0 Å². The van der Waals surface area contributed by atoms with Crippen LogP contribution in [0.4, 0.5) is 0 Å². The van der Waals surface area contributed by atoms with E-state index in [1.807, 2.05) is 0 Å². The number of nitrogens with zero attached hydrogens (tertiary/aromatic N) is 2. The van der Waals surface area contributed by atoms with Gasteiger partial charge in [-0.3, -0.25) is 0 Å². The third-order valence-corrected chi connectivity index (χ3v) is 2.45. The highest BCUT2D eigenvalue weighted by molar-refractivity contribution is 5.86. The highest BCUT2D eigenvalue weighted by Gasteiger charge is 2.28. The predicted octanol–water partition coefficient (Wildman–Crippen LogP) is 0.132. The maximum absolute atomic E-state index is 11.1. The molecule has 1 heterocycles. The van der Waals surface area contributed by atoms with Crippen LogP contribution in [-0.2, 0) is 4.74 Å². The second-order valence-corrected chi connectivity index (χ2v) is 3.72. The highest BCUT2D eigenvalue weighted by atomic mass is 16.5. The van der Waals surface area contributed by atoms with E-state index in [-0.39, 0.29) is 17.8 Å². The van der Waals surface area contributed by atoms with Gasteiger partial charge in [-0.05, 0) is 18.9 Å². The van der Waals surface area contributed by atoms with Gasteiger partial charge < -0.3 is 15.2 Å². The van der Waals surface area contributed by atoms with Crippen molar-refractivity contribution < 1.29 is 14.3 Å². The molecule has 6 heteroatoms. The van der Waals surface area contributed by atoms with Crippen LogP contribution in [0.5, 0.6) is 5.88 Å². The van der Waals surface area contributed by atoms with Gasteiger partial charge in [-0.2, -0.15) is 0 Å². The second kappa shape index (κ2) is 4.44. The van der Waals surface area contributed by atoms with Crippen LogP contribution in [0.25, 0.3) is 0 Å². The lowest BCUT2D eigenvalue weighted by atomic mass is 9.90. The van der Waals surface area contributed by atoms with Crippen molar-refractivity contribution in [2.45, 2.75) is 25.0 Å². The van der Waals surface area contributed by atoms with Gasteiger partial charge in [-0.25, -0.2) is 4.79 Å². The van der Waals surface area contributed by atoms with Crippen molar-refractivity contribution in [1.82, 2.24) is 10.2 Å². The van der Waals surface area contributed by atoms with E-state index in [4.69, 9.17) is 10.5 Å². The van der Waals surface area contributed by atoms with E-state index < -0.39 is 5.97 Å². The Morgan fingerprint density at radius 2 is 2.19 bits per heavy atom. The summed E-state index contributed by atoms with van der Waals surface area (Å²) in [5, 5.41) is 7.48. The molecule has 1 aromatic heterocycles. The number of aromatic nitrogens is 2. The Labute approximate surface area is 92.8 Å². The van der Waals surface area contributed by atoms with Gasteiger partial charge in [0, 0.05) is 12.1 Å². The molecule has 6 nitrogen and oxygen atoms in total. The minimum atomic E-state index is -0.510. The van der Waals surface area contributed by atoms with Crippen LogP contribution in [0.2, 0.25) is 0 Å². The fourth-order valence-corrected chi connectivity index (χ4v) is 1.47. The minimum Gasteiger partial charge on any atom is -0.473 e. The molecule has 1 saturated carbocycles. The van der Waals surface area contributed by atoms with Crippen molar-refractivity contribution in [3.8, 4) is 5.88 Å². The summed E-state index contributed by atoms with van der Waals surface area (Å²) in [5.41, 5.74) is 5.79. The van der Waals surface area contributed by atoms with E-state index in [1.54, 1.807) is 6.07 Å². The number of nitrogens with two attached hydrogens (primary N) is 1. The Morgan fingerprint density at radius 1 is 1.44 bits per heavy atom. The van der Waals surface area contributed by atoms with Crippen LogP contribution in [0, 0.1) is 0 Å². The average molecular weight is 223 g/mol. The monoisotopic (exact) mass is 223 g/mol. The van der Waals surface area contributed by atoms with Crippen molar-refractivity contribution in [3.63, 3.8) is 0 Å². The Balaban J connectivity index is 1.94. The van der Waals surface area contributed by atoms with Crippen LogP contribution in [-0.4, -0.2) is 35.4 Å². The predicted molar refractivity (Wildman–Crippen MR) is 55.0 cm³/mol. The zero-order chi connectivity index (χ0) is 11.5. The van der Waals surface area contributed by atoms with Gasteiger partial charge >= 0.3 is 5.97 Å². The number of carbonyl (C=O) groups is 1. The maximum atomic E-state index is 11.1. The van der Waals surface area contributed by atoms with Crippen LogP contribution >= 0.6 is 0 Å². The van der Waals surface area contributed by atoms with E-state index in [1.165, 1.54) is 13.2 Å². The van der Waals surface area contributed by atoms with Crippen LogP contribution < -0.4 is 10.5 Å². The molecule has 2 N–H and O–H groups in total. The van der Waals surface area contributed by atoms with Crippen molar-refractivity contribution in [3.05, 3.63) is 17.8 Å². The summed E-state index contributed by atoms with van der Waals surface area (Å²) in [6.07, 6.45) is 1.79. The van der Waals surface area contributed by atoms with Crippen LogP contribution in [0.15, 0.2) is 12.1 Å². The molecule has 1 aliphatic rings. The lowest BCUT2D eigenvalue weighted by molar-refractivity contribution is 0.0591. The lowest BCUT2D eigenvalue weighted by Crippen LogP contribution is -2.43. The molecule has 0 aromatic carbocycles. The van der Waals surface area contributed by atoms with Crippen LogP contribution in [0.3, 0.4) is 0 Å². The number of ether oxygens (including phenoxy) is 2. The molecule has 0 aliphatic heterocycles. The van der Waals surface area contributed by atoms with Gasteiger partial charge in [0.1, 0.15) is 6.10 Å². The molecule has 2 rings (SSSR count). The van der Waals surface area contributed by atoms with Gasteiger partial charge in [-0.1, -0.05) is 0 Å². The van der Waals surface area contributed by atoms with Crippen molar-refractivity contribution in [2.75, 3.05) is 7.11 Å². The first-order valence-corrected chi connectivity index (χ1v) is 5.03. The summed E-state index contributed by atoms with van der Waals surface area (Å²) in [7, 11) is 1.30. The fraction of sp³-hybridized carbons (Fsp3) is 0.500. The average Bonchev–Trinajstić information content (AvgIpc) is 2.27. The van der Waals surface area contributed by atoms with Gasteiger partial charge in [0.05, 0.1) is 7.11 Å². The van der Waals surface area contributed by atoms with E-state index in [2.05, 4.69) is 14.9 Å². The highest BCUT2D eigenvalue weighted by Crippen LogP contribution is 2.22. The first-order chi connectivity index (χ1) is 7.69. The van der Waals surface area contributed by atoms with Crippen molar-refractivity contribution in [1.29, 1.82) is 0 Å². The van der Waals surface area contributed by atoms with Crippen LogP contribution in [0.1, 0.15) is 23.3 Å². The number of methoxy groups -OCH3 is 1. The molecule has 1 fully saturated rings. The molecule has 0 amide bonds. The number of carbonyl (C=O) groups excluding carboxylic acids is 1. The molecule has 0 radical (unpaired) electrons.